The molecule has 34 heavy (non-hydrogen) atoms. The van der Waals surface area contributed by atoms with Gasteiger partial charge in [0.15, 0.2) is 0 Å². The number of rotatable bonds is 6. The van der Waals surface area contributed by atoms with Gasteiger partial charge in [-0.2, -0.15) is 5.26 Å². The van der Waals surface area contributed by atoms with E-state index in [1.807, 2.05) is 50.2 Å². The molecular formula is C27H29N5O2. The summed E-state index contributed by atoms with van der Waals surface area (Å²) in [7, 11) is 0. The van der Waals surface area contributed by atoms with E-state index in [1.54, 1.807) is 18.5 Å². The van der Waals surface area contributed by atoms with Gasteiger partial charge in [0, 0.05) is 54.9 Å². The molecule has 0 unspecified atom stereocenters. The van der Waals surface area contributed by atoms with Gasteiger partial charge < -0.3 is 15.8 Å². The zero-order valence-corrected chi connectivity index (χ0v) is 19.5. The van der Waals surface area contributed by atoms with Crippen LogP contribution in [0.25, 0.3) is 22.3 Å². The number of aromatic nitrogens is 1. The lowest BCUT2D eigenvalue weighted by Crippen LogP contribution is -2.46. The molecule has 0 spiro atoms. The lowest BCUT2D eigenvalue weighted by molar-refractivity contribution is 0.0342. The molecule has 1 aliphatic rings. The van der Waals surface area contributed by atoms with Crippen molar-refractivity contribution < 1.29 is 9.53 Å². The molecule has 1 aromatic heterocycles. The first-order chi connectivity index (χ1) is 16.4. The van der Waals surface area contributed by atoms with Crippen LogP contribution >= 0.6 is 0 Å². The Balaban J connectivity index is 1.69. The molecule has 7 heteroatoms. The number of nitrogen functional groups attached to an aromatic ring is 1. The third-order valence-corrected chi connectivity index (χ3v) is 5.98. The van der Waals surface area contributed by atoms with Crippen LogP contribution in [-0.4, -0.2) is 54.7 Å². The summed E-state index contributed by atoms with van der Waals surface area (Å²) in [6.45, 7) is 7.88. The number of nitrogens with two attached hydrogens (primary N) is 1. The Labute approximate surface area is 200 Å². The Morgan fingerprint density at radius 2 is 1.91 bits per heavy atom. The molecule has 7 nitrogen and oxygen atoms in total. The highest BCUT2D eigenvalue weighted by Crippen LogP contribution is 2.32. The van der Waals surface area contributed by atoms with Gasteiger partial charge in [0.25, 0.3) is 5.91 Å². The summed E-state index contributed by atoms with van der Waals surface area (Å²) in [6.07, 6.45) is 3.33. The number of nitriles is 1. The van der Waals surface area contributed by atoms with Gasteiger partial charge in [-0.15, -0.1) is 0 Å². The van der Waals surface area contributed by atoms with Crippen molar-refractivity contribution in [2.45, 2.75) is 19.9 Å². The van der Waals surface area contributed by atoms with Crippen molar-refractivity contribution in [2.24, 2.45) is 0 Å². The number of anilines is 1. The van der Waals surface area contributed by atoms with Crippen LogP contribution in [0.5, 0.6) is 0 Å². The molecule has 4 rings (SSSR count). The van der Waals surface area contributed by atoms with Crippen molar-refractivity contribution in [3.05, 3.63) is 71.5 Å². The van der Waals surface area contributed by atoms with Crippen LogP contribution in [0.15, 0.2) is 54.9 Å². The van der Waals surface area contributed by atoms with E-state index in [1.165, 1.54) is 0 Å². The van der Waals surface area contributed by atoms with Crippen LogP contribution < -0.4 is 11.1 Å². The topological polar surface area (TPSA) is 104 Å². The van der Waals surface area contributed by atoms with E-state index < -0.39 is 0 Å². The second kappa shape index (κ2) is 10.5. The van der Waals surface area contributed by atoms with E-state index >= 15 is 0 Å². The molecule has 3 N–H and O–H groups in total. The smallest absolute Gasteiger partial charge is 0.251 e. The van der Waals surface area contributed by atoms with E-state index in [0.29, 0.717) is 16.8 Å². The van der Waals surface area contributed by atoms with E-state index in [-0.39, 0.29) is 11.9 Å². The molecule has 174 valence electrons. The first-order valence-electron chi connectivity index (χ1n) is 11.4. The number of hydrogen-bond donors (Lipinski definition) is 2. The average molecular weight is 456 g/mol. The van der Waals surface area contributed by atoms with Crippen LogP contribution in [0.2, 0.25) is 0 Å². The van der Waals surface area contributed by atoms with Crippen LogP contribution in [0, 0.1) is 18.3 Å². The van der Waals surface area contributed by atoms with Crippen molar-refractivity contribution >= 4 is 11.6 Å². The molecule has 2 heterocycles. The summed E-state index contributed by atoms with van der Waals surface area (Å²) in [4.78, 5) is 19.8. The Hall–Kier alpha value is -3.73. The van der Waals surface area contributed by atoms with Crippen LogP contribution in [0.4, 0.5) is 5.69 Å². The van der Waals surface area contributed by atoms with Gasteiger partial charge in [-0.3, -0.25) is 14.7 Å². The minimum atomic E-state index is -0.169. The van der Waals surface area contributed by atoms with Crippen molar-refractivity contribution in [2.75, 3.05) is 38.6 Å². The van der Waals surface area contributed by atoms with Gasteiger partial charge in [-0.25, -0.2) is 0 Å². The maximum absolute atomic E-state index is 13.3. The predicted molar refractivity (Wildman–Crippen MR) is 133 cm³/mol. The SMILES string of the molecule is Cc1ccc(-c2cc(C(=O)N[C@H](C)CN3CCOCC3)cc(-c3cnccc3N)c2)c(C#N)c1. The normalized spacial score (nSPS) is 14.9. The number of carbonyl (C=O) groups excluding carboxylic acids is 1. The fraction of sp³-hybridized carbons (Fsp3) is 0.296. The summed E-state index contributed by atoms with van der Waals surface area (Å²) in [5, 5.41) is 12.8. The van der Waals surface area contributed by atoms with Crippen LogP contribution in [0.3, 0.4) is 0 Å². The van der Waals surface area contributed by atoms with Gasteiger partial charge in [-0.1, -0.05) is 12.1 Å². The Morgan fingerprint density at radius 1 is 1.18 bits per heavy atom. The van der Waals surface area contributed by atoms with Crippen LogP contribution in [0.1, 0.15) is 28.4 Å². The summed E-state index contributed by atoms with van der Waals surface area (Å²) < 4.78 is 5.41. The molecule has 0 radical (unpaired) electrons. The molecular weight excluding hydrogens is 426 g/mol. The standard InChI is InChI=1S/C27H29N5O2/c1-18-3-4-24(23(11-18)15-28)20-12-21(25-16-30-6-5-26(25)29)14-22(13-20)27(33)31-19(2)17-32-7-9-34-10-8-32/h3-6,11-14,16,19H,7-10,17H2,1-2H3,(H2,29,30)(H,31,33)/t19-/m1/s1. The fourth-order valence-corrected chi connectivity index (χ4v) is 4.24. The third kappa shape index (κ3) is 5.42. The molecule has 0 bridgehead atoms. The zero-order valence-electron chi connectivity index (χ0n) is 19.5. The second-order valence-corrected chi connectivity index (χ2v) is 8.71. The van der Waals surface area contributed by atoms with Gasteiger partial charge in [0.05, 0.1) is 24.8 Å². The van der Waals surface area contributed by atoms with Gasteiger partial charge in [-0.05, 0) is 66.4 Å². The van der Waals surface area contributed by atoms with E-state index in [9.17, 15) is 10.1 Å². The number of nitrogens with one attached hydrogen (secondary N) is 1. The molecule has 1 amide bonds. The number of morpholine rings is 1. The highest BCUT2D eigenvalue weighted by atomic mass is 16.5. The largest absolute Gasteiger partial charge is 0.398 e. The number of hydrogen-bond acceptors (Lipinski definition) is 6. The molecule has 1 saturated heterocycles. The number of carbonyl (C=O) groups is 1. The van der Waals surface area contributed by atoms with Crippen molar-refractivity contribution in [1.29, 1.82) is 5.26 Å². The number of amides is 1. The van der Waals surface area contributed by atoms with Gasteiger partial charge in [0.1, 0.15) is 0 Å². The highest BCUT2D eigenvalue weighted by Gasteiger charge is 2.18. The lowest BCUT2D eigenvalue weighted by atomic mass is 9.93. The quantitative estimate of drug-likeness (QED) is 0.588. The number of benzene rings is 2. The zero-order chi connectivity index (χ0) is 24.1. The molecule has 0 aliphatic carbocycles. The van der Waals surface area contributed by atoms with E-state index in [2.05, 4.69) is 21.3 Å². The molecule has 1 atom stereocenters. The Bertz CT molecular complexity index is 1230. The first kappa shape index (κ1) is 23.4. The number of nitrogens with zero attached hydrogens (tertiary/aromatic N) is 3. The third-order valence-electron chi connectivity index (χ3n) is 5.98. The lowest BCUT2D eigenvalue weighted by Gasteiger charge is -2.29. The van der Waals surface area contributed by atoms with E-state index in [0.717, 1.165) is 60.7 Å². The summed E-state index contributed by atoms with van der Waals surface area (Å²) in [5.41, 5.74) is 11.9. The number of aryl methyl sites for hydroxylation is 1. The van der Waals surface area contributed by atoms with Crippen molar-refractivity contribution in [1.82, 2.24) is 15.2 Å². The number of ether oxygens (including phenoxy) is 1. The van der Waals surface area contributed by atoms with Crippen molar-refractivity contribution in [3.8, 4) is 28.3 Å². The molecule has 3 aromatic rings. The van der Waals surface area contributed by atoms with E-state index in [4.69, 9.17) is 10.5 Å². The Kier molecular flexibility index (Phi) is 7.21. The maximum Gasteiger partial charge on any atom is 0.251 e. The number of pyridine rings is 1. The van der Waals surface area contributed by atoms with Crippen molar-refractivity contribution in [3.63, 3.8) is 0 Å². The molecule has 1 fully saturated rings. The molecule has 0 saturated carbocycles. The fourth-order valence-electron chi connectivity index (χ4n) is 4.24. The summed E-state index contributed by atoms with van der Waals surface area (Å²) >= 11 is 0. The monoisotopic (exact) mass is 455 g/mol. The second-order valence-electron chi connectivity index (χ2n) is 8.71. The average Bonchev–Trinajstić information content (AvgIpc) is 2.84. The minimum Gasteiger partial charge on any atom is -0.398 e. The van der Waals surface area contributed by atoms with Gasteiger partial charge >= 0.3 is 0 Å². The summed E-state index contributed by atoms with van der Waals surface area (Å²) in [5.74, 6) is -0.169. The first-order valence-corrected chi connectivity index (χ1v) is 11.4. The highest BCUT2D eigenvalue weighted by molar-refractivity contribution is 5.98. The molecule has 1 aliphatic heterocycles. The summed E-state index contributed by atoms with van der Waals surface area (Å²) in [6, 6.07) is 15.3. The Morgan fingerprint density at radius 3 is 2.62 bits per heavy atom. The van der Waals surface area contributed by atoms with Crippen LogP contribution in [-0.2, 0) is 4.74 Å². The molecule has 2 aromatic carbocycles. The maximum atomic E-state index is 13.3. The predicted octanol–water partition coefficient (Wildman–Crippen LogP) is 3.63. The minimum absolute atomic E-state index is 0.0322. The van der Waals surface area contributed by atoms with Gasteiger partial charge in [0.2, 0.25) is 0 Å².